The number of anilines is 1. The lowest BCUT2D eigenvalue weighted by atomic mass is 10.0. The lowest BCUT2D eigenvalue weighted by molar-refractivity contribution is -0.385. The van der Waals surface area contributed by atoms with Crippen LogP contribution in [0.25, 0.3) is 0 Å². The van der Waals surface area contributed by atoms with Crippen molar-refractivity contribution in [1.82, 2.24) is 4.98 Å². The second-order valence-electron chi connectivity index (χ2n) is 4.98. The topological polar surface area (TPSA) is 91.8 Å². The van der Waals surface area contributed by atoms with Gasteiger partial charge in [-0.25, -0.2) is 4.98 Å². The average Bonchev–Trinajstić information content (AvgIpc) is 2.36. The van der Waals surface area contributed by atoms with Gasteiger partial charge in [0, 0.05) is 12.1 Å². The van der Waals surface area contributed by atoms with Crippen LogP contribution in [0.5, 0.6) is 0 Å². The van der Waals surface area contributed by atoms with E-state index >= 15 is 0 Å². The molecule has 6 nitrogen and oxygen atoms in total. The van der Waals surface area contributed by atoms with Crippen LogP contribution >= 0.6 is 0 Å². The minimum atomic E-state index is -0.556. The second-order valence-corrected chi connectivity index (χ2v) is 4.98. The fraction of sp³-hybridized carbons (Fsp3) is 0.538. The normalized spacial score (nSPS) is 11.9. The van der Waals surface area contributed by atoms with Crippen LogP contribution in [-0.2, 0) is 0 Å². The number of nitrogens with zero attached hydrogens (tertiary/aromatic N) is 3. The van der Waals surface area contributed by atoms with Crippen LogP contribution in [0.2, 0.25) is 0 Å². The Bertz CT molecular complexity index is 494. The Balaban J connectivity index is 2.78. The van der Waals surface area contributed by atoms with Crippen molar-refractivity contribution in [2.75, 3.05) is 5.32 Å². The number of pyridine rings is 1. The van der Waals surface area contributed by atoms with Crippen molar-refractivity contribution >= 4 is 11.5 Å². The van der Waals surface area contributed by atoms with Crippen molar-refractivity contribution in [3.05, 3.63) is 27.9 Å². The number of nitriles is 1. The third-order valence-electron chi connectivity index (χ3n) is 2.76. The molecular weight excluding hydrogens is 244 g/mol. The molecule has 0 fully saturated rings. The summed E-state index contributed by atoms with van der Waals surface area (Å²) in [5, 5.41) is 22.7. The predicted molar refractivity (Wildman–Crippen MR) is 72.8 cm³/mol. The van der Waals surface area contributed by atoms with E-state index < -0.39 is 4.92 Å². The van der Waals surface area contributed by atoms with E-state index in [4.69, 9.17) is 5.26 Å². The monoisotopic (exact) mass is 262 g/mol. The summed E-state index contributed by atoms with van der Waals surface area (Å²) in [4.78, 5) is 14.0. The van der Waals surface area contributed by atoms with E-state index in [2.05, 4.69) is 24.1 Å². The molecule has 0 aromatic carbocycles. The zero-order chi connectivity index (χ0) is 14.4. The molecule has 1 aromatic rings. The van der Waals surface area contributed by atoms with Gasteiger partial charge in [-0.2, -0.15) is 5.26 Å². The largest absolute Gasteiger partial charge is 0.367 e. The van der Waals surface area contributed by atoms with Gasteiger partial charge in [0.15, 0.2) is 0 Å². The number of rotatable bonds is 6. The Labute approximate surface area is 112 Å². The molecule has 0 bridgehead atoms. The summed E-state index contributed by atoms with van der Waals surface area (Å²) in [6.07, 6.45) is 3.20. The first kappa shape index (κ1) is 14.9. The van der Waals surface area contributed by atoms with E-state index in [0.29, 0.717) is 11.7 Å². The van der Waals surface area contributed by atoms with Crippen LogP contribution in [0, 0.1) is 27.4 Å². The van der Waals surface area contributed by atoms with Crippen LogP contribution in [0.3, 0.4) is 0 Å². The maximum Gasteiger partial charge on any atom is 0.289 e. The fourth-order valence-corrected chi connectivity index (χ4v) is 1.64. The van der Waals surface area contributed by atoms with Gasteiger partial charge in [-0.1, -0.05) is 13.8 Å². The number of nitrogens with one attached hydrogen (secondary N) is 1. The van der Waals surface area contributed by atoms with Crippen LogP contribution in [0.1, 0.15) is 39.2 Å². The van der Waals surface area contributed by atoms with Gasteiger partial charge < -0.3 is 5.32 Å². The van der Waals surface area contributed by atoms with Crippen molar-refractivity contribution < 1.29 is 4.92 Å². The van der Waals surface area contributed by atoms with E-state index in [1.165, 1.54) is 12.3 Å². The first-order chi connectivity index (χ1) is 8.93. The molecule has 1 aromatic heterocycles. The van der Waals surface area contributed by atoms with Gasteiger partial charge in [0.25, 0.3) is 5.69 Å². The summed E-state index contributed by atoms with van der Waals surface area (Å²) in [5.41, 5.74) is 0.0301. The molecule has 1 N–H and O–H groups in total. The van der Waals surface area contributed by atoms with Gasteiger partial charge in [-0.15, -0.1) is 0 Å². The molecule has 0 saturated carbocycles. The quantitative estimate of drug-likeness (QED) is 0.628. The molecule has 0 aliphatic carbocycles. The maximum atomic E-state index is 10.6. The number of hydrogen-bond donors (Lipinski definition) is 1. The van der Waals surface area contributed by atoms with Crippen LogP contribution < -0.4 is 5.32 Å². The zero-order valence-corrected chi connectivity index (χ0v) is 11.4. The summed E-state index contributed by atoms with van der Waals surface area (Å²) in [7, 11) is 0. The van der Waals surface area contributed by atoms with Gasteiger partial charge in [0.2, 0.25) is 0 Å². The highest BCUT2D eigenvalue weighted by Gasteiger charge is 2.13. The molecule has 1 rings (SSSR count). The van der Waals surface area contributed by atoms with Gasteiger partial charge in [-0.3, -0.25) is 10.1 Å². The first-order valence-electron chi connectivity index (χ1n) is 6.25. The zero-order valence-electron chi connectivity index (χ0n) is 11.4. The van der Waals surface area contributed by atoms with E-state index in [9.17, 15) is 10.1 Å². The Morgan fingerprint density at radius 2 is 2.16 bits per heavy atom. The van der Waals surface area contributed by atoms with E-state index in [1.54, 1.807) is 0 Å². The number of aromatic nitrogens is 1. The molecule has 1 heterocycles. The van der Waals surface area contributed by atoms with Crippen LogP contribution in [0.4, 0.5) is 11.5 Å². The van der Waals surface area contributed by atoms with E-state index in [-0.39, 0.29) is 17.3 Å². The third kappa shape index (κ3) is 4.54. The highest BCUT2D eigenvalue weighted by atomic mass is 16.6. The SMILES string of the molecule is CC(C)CCC(C)Nc1ncc([N+](=O)[O-])cc1C#N. The molecule has 0 radical (unpaired) electrons. The maximum absolute atomic E-state index is 10.6. The van der Waals surface area contributed by atoms with Crippen molar-refractivity contribution in [2.45, 2.75) is 39.7 Å². The summed E-state index contributed by atoms with van der Waals surface area (Å²) < 4.78 is 0. The minimum absolute atomic E-state index is 0.170. The predicted octanol–water partition coefficient (Wildman–Crippen LogP) is 3.10. The van der Waals surface area contributed by atoms with Gasteiger partial charge >= 0.3 is 0 Å². The van der Waals surface area contributed by atoms with Crippen molar-refractivity contribution in [3.8, 4) is 6.07 Å². The molecule has 0 spiro atoms. The van der Waals surface area contributed by atoms with E-state index in [1.807, 2.05) is 13.0 Å². The summed E-state index contributed by atoms with van der Waals surface area (Å²) >= 11 is 0. The Hall–Kier alpha value is -2.16. The van der Waals surface area contributed by atoms with Gasteiger partial charge in [0.1, 0.15) is 23.6 Å². The molecule has 0 saturated heterocycles. The number of nitro groups is 1. The second kappa shape index (κ2) is 6.69. The summed E-state index contributed by atoms with van der Waals surface area (Å²) in [5.74, 6) is 1.02. The van der Waals surface area contributed by atoms with Gasteiger partial charge in [-0.05, 0) is 25.7 Å². The lowest BCUT2D eigenvalue weighted by Crippen LogP contribution is -2.17. The Morgan fingerprint density at radius 1 is 1.47 bits per heavy atom. The average molecular weight is 262 g/mol. The van der Waals surface area contributed by atoms with Gasteiger partial charge in [0.05, 0.1) is 4.92 Å². The molecule has 19 heavy (non-hydrogen) atoms. The molecule has 0 aliphatic heterocycles. The molecule has 1 unspecified atom stereocenters. The first-order valence-corrected chi connectivity index (χ1v) is 6.25. The molecule has 102 valence electrons. The fourth-order valence-electron chi connectivity index (χ4n) is 1.64. The highest BCUT2D eigenvalue weighted by molar-refractivity contribution is 5.55. The van der Waals surface area contributed by atoms with Crippen molar-refractivity contribution in [1.29, 1.82) is 5.26 Å². The molecule has 0 aliphatic rings. The van der Waals surface area contributed by atoms with Crippen LogP contribution in [0.15, 0.2) is 12.3 Å². The minimum Gasteiger partial charge on any atom is -0.367 e. The molecule has 6 heteroatoms. The Kier molecular flexibility index (Phi) is 5.24. The Morgan fingerprint density at radius 3 is 2.68 bits per heavy atom. The standard InChI is InChI=1S/C13H18N4O2/c1-9(2)4-5-10(3)16-13-11(7-14)6-12(8-15-13)17(18)19/h6,8-10H,4-5H2,1-3H3,(H,15,16). The van der Waals surface area contributed by atoms with E-state index in [0.717, 1.165) is 12.8 Å². The highest BCUT2D eigenvalue weighted by Crippen LogP contribution is 2.20. The smallest absolute Gasteiger partial charge is 0.289 e. The van der Waals surface area contributed by atoms with Crippen LogP contribution in [-0.4, -0.2) is 15.9 Å². The van der Waals surface area contributed by atoms with Crippen molar-refractivity contribution in [3.63, 3.8) is 0 Å². The summed E-state index contributed by atoms with van der Waals surface area (Å²) in [6, 6.07) is 3.34. The molecular formula is C13H18N4O2. The lowest BCUT2D eigenvalue weighted by Gasteiger charge is -2.16. The number of hydrogen-bond acceptors (Lipinski definition) is 5. The molecule has 1 atom stereocenters. The summed E-state index contributed by atoms with van der Waals surface area (Å²) in [6.45, 7) is 6.31. The van der Waals surface area contributed by atoms with Crippen molar-refractivity contribution in [2.24, 2.45) is 5.92 Å². The third-order valence-corrected chi connectivity index (χ3v) is 2.76. The molecule has 0 amide bonds.